The van der Waals surface area contributed by atoms with Gasteiger partial charge in [-0.25, -0.2) is 0 Å². The van der Waals surface area contributed by atoms with Gasteiger partial charge in [0.15, 0.2) is 11.4 Å². The van der Waals surface area contributed by atoms with Crippen LogP contribution in [0.15, 0.2) is 41.2 Å². The number of benzene rings is 1. The number of hydrogen-bond donors (Lipinski definition) is 0. The minimum atomic E-state index is 0.809. The van der Waals surface area contributed by atoms with E-state index in [1.165, 1.54) is 0 Å². The zero-order valence-electron chi connectivity index (χ0n) is 8.29. The molecular formula is C10H9BN3O. The first kappa shape index (κ1) is 8.41. The van der Waals surface area contributed by atoms with Crippen molar-refractivity contribution in [2.24, 2.45) is 0 Å². The van der Waals surface area contributed by atoms with Gasteiger partial charge in [0, 0.05) is 12.4 Å². The van der Waals surface area contributed by atoms with Crippen LogP contribution in [-0.4, -0.2) is 24.6 Å². The summed E-state index contributed by atoms with van der Waals surface area (Å²) >= 11 is 0. The predicted octanol–water partition coefficient (Wildman–Crippen LogP) is 1.58. The molecule has 1 aliphatic heterocycles. The van der Waals surface area contributed by atoms with Crippen molar-refractivity contribution in [3.8, 4) is 0 Å². The summed E-state index contributed by atoms with van der Waals surface area (Å²) in [5.41, 5.74) is 0.809. The molecule has 0 unspecified atom stereocenters. The molecule has 1 radical (unpaired) electrons. The van der Waals surface area contributed by atoms with Gasteiger partial charge >= 0.3 is 7.55 Å². The van der Waals surface area contributed by atoms with Gasteiger partial charge in [-0.3, -0.25) is 0 Å². The van der Waals surface area contributed by atoms with E-state index in [2.05, 4.69) is 5.16 Å². The van der Waals surface area contributed by atoms with Crippen LogP contribution in [0.2, 0.25) is 0 Å². The lowest BCUT2D eigenvalue weighted by Gasteiger charge is -2.12. The maximum Gasteiger partial charge on any atom is 0.396 e. The van der Waals surface area contributed by atoms with Crippen LogP contribution in [0.5, 0.6) is 0 Å². The number of para-hydroxylation sites is 1. The summed E-state index contributed by atoms with van der Waals surface area (Å²) < 4.78 is 5.23. The number of hydrogen-bond acceptors (Lipinski definition) is 4. The minimum absolute atomic E-state index is 0.809. The fourth-order valence-electron chi connectivity index (χ4n) is 1.63. The van der Waals surface area contributed by atoms with E-state index in [1.54, 1.807) is 0 Å². The Morgan fingerprint density at radius 3 is 2.93 bits per heavy atom. The molecule has 73 valence electrons. The van der Waals surface area contributed by atoms with Crippen molar-refractivity contribution in [2.75, 3.05) is 11.9 Å². The maximum atomic E-state index is 5.23. The van der Waals surface area contributed by atoms with Crippen LogP contribution in [0, 0.1) is 0 Å². The van der Waals surface area contributed by atoms with Gasteiger partial charge in [-0.15, -0.1) is 0 Å². The first-order valence-corrected chi connectivity index (χ1v) is 4.72. The Morgan fingerprint density at radius 2 is 2.13 bits per heavy atom. The van der Waals surface area contributed by atoms with E-state index in [1.807, 2.05) is 60.9 Å². The van der Waals surface area contributed by atoms with Crippen LogP contribution >= 0.6 is 0 Å². The van der Waals surface area contributed by atoms with E-state index >= 15 is 0 Å². The summed E-state index contributed by atoms with van der Waals surface area (Å²) in [5.74, 6) is 0.825. The molecule has 3 rings (SSSR count). The van der Waals surface area contributed by atoms with Crippen molar-refractivity contribution in [2.45, 2.75) is 0 Å². The number of nitrogens with zero attached hydrogens (tertiary/aromatic N) is 3. The second kappa shape index (κ2) is 3.05. The van der Waals surface area contributed by atoms with E-state index in [0.29, 0.717) is 0 Å². The number of fused-ring (bicyclic) bond motifs is 1. The zero-order valence-corrected chi connectivity index (χ0v) is 8.29. The quantitative estimate of drug-likeness (QED) is 0.651. The van der Waals surface area contributed by atoms with Gasteiger partial charge in [-0.05, 0) is 19.2 Å². The maximum absolute atomic E-state index is 5.23. The summed E-state index contributed by atoms with van der Waals surface area (Å²) in [7, 11) is 3.92. The van der Waals surface area contributed by atoms with Crippen molar-refractivity contribution in [1.29, 1.82) is 0 Å². The number of rotatable bonds is 1. The molecule has 0 fully saturated rings. The monoisotopic (exact) mass is 198 g/mol. The molecule has 5 heteroatoms. The highest BCUT2D eigenvalue weighted by molar-refractivity contribution is 6.41. The molecule has 1 aromatic heterocycles. The molecule has 2 heterocycles. The van der Waals surface area contributed by atoms with Crippen LogP contribution in [0.4, 0.5) is 5.82 Å². The molecular weight excluding hydrogens is 189 g/mol. The zero-order chi connectivity index (χ0) is 10.3. The van der Waals surface area contributed by atoms with Crippen molar-refractivity contribution in [1.82, 2.24) is 9.97 Å². The lowest BCUT2D eigenvalue weighted by atomic mass is 10.1. The molecule has 0 N–H and O–H groups in total. The Kier molecular flexibility index (Phi) is 1.71. The first-order valence-electron chi connectivity index (χ1n) is 4.72. The molecule has 0 atom stereocenters. The predicted molar refractivity (Wildman–Crippen MR) is 59.1 cm³/mol. The molecule has 4 nitrogen and oxygen atoms in total. The summed E-state index contributed by atoms with van der Waals surface area (Å²) in [6.45, 7) is 0. The average molecular weight is 198 g/mol. The molecule has 0 bridgehead atoms. The lowest BCUT2D eigenvalue weighted by molar-refractivity contribution is 0.459. The fraction of sp³-hybridized carbons (Fsp3) is 0.100. The van der Waals surface area contributed by atoms with Crippen LogP contribution in [0.3, 0.4) is 0 Å². The molecule has 2 aromatic rings. The number of anilines is 1. The van der Waals surface area contributed by atoms with Crippen LogP contribution in [0.1, 0.15) is 0 Å². The Labute approximate surface area is 88.0 Å². The van der Waals surface area contributed by atoms with Crippen LogP contribution < -0.4 is 4.81 Å². The van der Waals surface area contributed by atoms with Gasteiger partial charge in [0.1, 0.15) is 0 Å². The summed E-state index contributed by atoms with van der Waals surface area (Å²) in [6.07, 6.45) is 3.91. The van der Waals surface area contributed by atoms with Crippen molar-refractivity contribution < 1.29 is 4.52 Å². The highest BCUT2D eigenvalue weighted by atomic mass is 16.5. The second-order valence-corrected chi connectivity index (χ2v) is 3.49. The van der Waals surface area contributed by atoms with Gasteiger partial charge < -0.3 is 14.1 Å². The van der Waals surface area contributed by atoms with Crippen LogP contribution in [0.25, 0.3) is 11.0 Å². The largest absolute Gasteiger partial charge is 0.406 e. The molecule has 1 aromatic carbocycles. The smallest absolute Gasteiger partial charge is 0.396 e. The Balaban J connectivity index is 2.08. The Hall–Kier alpha value is -1.91. The molecule has 15 heavy (non-hydrogen) atoms. The lowest BCUT2D eigenvalue weighted by Crippen LogP contribution is -2.26. The minimum Gasteiger partial charge on any atom is -0.406 e. The van der Waals surface area contributed by atoms with Crippen LogP contribution in [-0.2, 0) is 0 Å². The van der Waals surface area contributed by atoms with E-state index in [0.717, 1.165) is 16.8 Å². The Bertz CT molecular complexity index is 522. The van der Waals surface area contributed by atoms with Crippen molar-refractivity contribution in [3.05, 3.63) is 36.7 Å². The topological polar surface area (TPSA) is 32.5 Å². The van der Waals surface area contributed by atoms with Gasteiger partial charge in [0.05, 0.1) is 5.39 Å². The molecule has 1 aliphatic rings. The summed E-state index contributed by atoms with van der Waals surface area (Å²) in [6, 6.07) is 7.83. The van der Waals surface area contributed by atoms with Gasteiger partial charge in [-0.2, -0.15) is 0 Å². The van der Waals surface area contributed by atoms with Crippen molar-refractivity contribution in [3.63, 3.8) is 0 Å². The third-order valence-corrected chi connectivity index (χ3v) is 2.37. The third-order valence-electron chi connectivity index (χ3n) is 2.37. The summed E-state index contributed by atoms with van der Waals surface area (Å²) in [5, 5.41) is 5.08. The molecule has 0 amide bonds. The van der Waals surface area contributed by atoms with Gasteiger partial charge in [0.2, 0.25) is 0 Å². The first-order chi connectivity index (χ1) is 7.34. The molecule has 0 spiro atoms. The van der Waals surface area contributed by atoms with Gasteiger partial charge in [0.25, 0.3) is 0 Å². The highest BCUT2D eigenvalue weighted by Crippen LogP contribution is 2.26. The molecule has 0 saturated carbocycles. The fourth-order valence-corrected chi connectivity index (χ4v) is 1.63. The Morgan fingerprint density at radius 1 is 1.27 bits per heavy atom. The van der Waals surface area contributed by atoms with E-state index in [-0.39, 0.29) is 0 Å². The molecule has 0 saturated heterocycles. The standard InChI is InChI=1S/C10H9BN3O/c1-13-6-7-14(11-13)10-8-4-2-3-5-9(8)15-12-10/h2-7H,1H3. The number of aromatic nitrogens is 1. The normalized spacial score (nSPS) is 15.0. The van der Waals surface area contributed by atoms with Gasteiger partial charge in [-0.1, -0.05) is 17.3 Å². The van der Waals surface area contributed by atoms with E-state index in [4.69, 9.17) is 4.52 Å². The van der Waals surface area contributed by atoms with E-state index in [9.17, 15) is 0 Å². The third kappa shape index (κ3) is 1.27. The highest BCUT2D eigenvalue weighted by Gasteiger charge is 2.19. The molecule has 0 aliphatic carbocycles. The second-order valence-electron chi connectivity index (χ2n) is 3.49. The SMILES string of the molecule is CN1[B]N(c2noc3ccccc23)C=C1. The summed E-state index contributed by atoms with van der Waals surface area (Å²) in [4.78, 5) is 3.90. The van der Waals surface area contributed by atoms with Crippen molar-refractivity contribution >= 4 is 24.3 Å². The van der Waals surface area contributed by atoms with E-state index < -0.39 is 0 Å². The average Bonchev–Trinajstić information content (AvgIpc) is 2.83.